The zero-order valence-electron chi connectivity index (χ0n) is 19.4. The summed E-state index contributed by atoms with van der Waals surface area (Å²) in [7, 11) is 0.0336. The van der Waals surface area contributed by atoms with Crippen LogP contribution in [0.4, 0.5) is 0 Å². The van der Waals surface area contributed by atoms with Gasteiger partial charge in [-0.2, -0.15) is 0 Å². The normalized spacial score (nSPS) is 46.4. The summed E-state index contributed by atoms with van der Waals surface area (Å²) in [4.78, 5) is 0. The molecule has 0 aromatic heterocycles. The molecule has 0 N–H and O–H groups in total. The Balaban J connectivity index is 1.48. The SMILES string of the molecule is C1CCCC2OC3CCCCCC[C@@H]4OC5CCCCCCCC5P(C2CCC1)[C@H]34. The number of fused-ring (bicyclic) bond motifs is 4. The lowest BCUT2D eigenvalue weighted by Crippen LogP contribution is -2.57. The molecule has 2 nitrogen and oxygen atoms in total. The zero-order chi connectivity index (χ0) is 20.2. The summed E-state index contributed by atoms with van der Waals surface area (Å²) in [6.45, 7) is 0. The molecular weight excluding hydrogens is 387 g/mol. The first-order valence-corrected chi connectivity index (χ1v) is 15.5. The summed E-state index contributed by atoms with van der Waals surface area (Å²) in [5, 5.41) is 0. The van der Waals surface area contributed by atoms with Crippen molar-refractivity contribution in [1.29, 1.82) is 0 Å². The van der Waals surface area contributed by atoms with Gasteiger partial charge >= 0.3 is 0 Å². The summed E-state index contributed by atoms with van der Waals surface area (Å²) >= 11 is 0. The van der Waals surface area contributed by atoms with Crippen LogP contribution in [0.25, 0.3) is 0 Å². The highest BCUT2D eigenvalue weighted by Crippen LogP contribution is 2.66. The highest BCUT2D eigenvalue weighted by atomic mass is 31.1. The number of rotatable bonds is 0. The maximum absolute atomic E-state index is 7.11. The van der Waals surface area contributed by atoms with Crippen LogP contribution in [0.1, 0.15) is 128 Å². The lowest BCUT2D eigenvalue weighted by atomic mass is 9.99. The molecule has 5 aliphatic rings. The van der Waals surface area contributed by atoms with Gasteiger partial charge in [0.05, 0.1) is 24.4 Å². The van der Waals surface area contributed by atoms with Gasteiger partial charge in [0.15, 0.2) is 0 Å². The zero-order valence-corrected chi connectivity index (χ0v) is 20.3. The molecule has 30 heavy (non-hydrogen) atoms. The molecule has 5 fully saturated rings. The maximum Gasteiger partial charge on any atom is 0.0671 e. The third kappa shape index (κ3) is 4.97. The Morgan fingerprint density at radius 2 is 0.700 bits per heavy atom. The van der Waals surface area contributed by atoms with Crippen molar-refractivity contribution < 1.29 is 9.47 Å². The molecule has 6 unspecified atom stereocenters. The molecule has 0 aromatic carbocycles. The second-order valence-corrected chi connectivity index (χ2v) is 14.0. The molecule has 0 aromatic rings. The molecule has 0 spiro atoms. The number of hydrogen-bond acceptors (Lipinski definition) is 2. The van der Waals surface area contributed by atoms with E-state index in [-0.39, 0.29) is 7.92 Å². The highest BCUT2D eigenvalue weighted by molar-refractivity contribution is 7.60. The molecule has 2 heterocycles. The Bertz CT molecular complexity index is 481. The van der Waals surface area contributed by atoms with Crippen LogP contribution < -0.4 is 0 Å². The molecule has 0 radical (unpaired) electrons. The van der Waals surface area contributed by atoms with Gasteiger partial charge in [-0.25, -0.2) is 0 Å². The van der Waals surface area contributed by atoms with Gasteiger partial charge in [0.25, 0.3) is 0 Å². The van der Waals surface area contributed by atoms with Crippen molar-refractivity contribution in [2.45, 2.75) is 170 Å². The van der Waals surface area contributed by atoms with E-state index in [1.54, 1.807) is 0 Å². The topological polar surface area (TPSA) is 18.5 Å². The van der Waals surface area contributed by atoms with E-state index in [4.69, 9.17) is 9.47 Å². The Hall–Kier alpha value is 0.350. The average molecular weight is 435 g/mol. The van der Waals surface area contributed by atoms with E-state index < -0.39 is 0 Å². The smallest absolute Gasteiger partial charge is 0.0671 e. The lowest BCUT2D eigenvalue weighted by Gasteiger charge is -2.58. The minimum Gasteiger partial charge on any atom is -0.374 e. The quantitative estimate of drug-likeness (QED) is 0.360. The third-order valence-corrected chi connectivity index (χ3v) is 13.2. The van der Waals surface area contributed by atoms with Gasteiger partial charge in [0.1, 0.15) is 0 Å². The Kier molecular flexibility index (Phi) is 8.11. The van der Waals surface area contributed by atoms with E-state index in [1.165, 1.54) is 128 Å². The molecule has 5 rings (SSSR count). The standard InChI is InChI=1S/C27H47O2P/c1-3-9-15-21-25(19-13-5-1)30-26-20-14-6-2-4-10-16-22(26)29-24-18-12-8-7-11-17-23(28-21)27(24)30/h21-27H,1-20H2/t21?,22?,23-,24?,25?,26?,27-,30?/m0/s1. The van der Waals surface area contributed by atoms with Gasteiger partial charge in [-0.1, -0.05) is 97.8 Å². The molecule has 3 aliphatic carbocycles. The van der Waals surface area contributed by atoms with Gasteiger partial charge in [-0.05, 0) is 38.5 Å². The molecule has 8 atom stereocenters. The highest BCUT2D eigenvalue weighted by Gasteiger charge is 2.55. The van der Waals surface area contributed by atoms with Crippen molar-refractivity contribution in [2.24, 2.45) is 0 Å². The fraction of sp³-hybridized carbons (Fsp3) is 1.00. The minimum atomic E-state index is 0.0336. The van der Waals surface area contributed by atoms with Crippen LogP contribution in [-0.4, -0.2) is 41.4 Å². The average Bonchev–Trinajstić information content (AvgIpc) is 3.00. The van der Waals surface area contributed by atoms with Gasteiger partial charge in [0.2, 0.25) is 0 Å². The van der Waals surface area contributed by atoms with E-state index in [2.05, 4.69) is 0 Å². The van der Waals surface area contributed by atoms with Crippen LogP contribution in [0.5, 0.6) is 0 Å². The van der Waals surface area contributed by atoms with Gasteiger partial charge < -0.3 is 9.47 Å². The molecule has 0 amide bonds. The van der Waals surface area contributed by atoms with Crippen molar-refractivity contribution in [3.8, 4) is 0 Å². The summed E-state index contributed by atoms with van der Waals surface area (Å²) in [6.07, 6.45) is 30.6. The largest absolute Gasteiger partial charge is 0.374 e. The monoisotopic (exact) mass is 434 g/mol. The van der Waals surface area contributed by atoms with Crippen LogP contribution in [0.15, 0.2) is 0 Å². The fourth-order valence-corrected chi connectivity index (χ4v) is 12.4. The van der Waals surface area contributed by atoms with E-state index in [0.29, 0.717) is 24.4 Å². The third-order valence-electron chi connectivity index (χ3n) is 9.13. The molecule has 3 saturated carbocycles. The van der Waals surface area contributed by atoms with E-state index in [1.807, 2.05) is 0 Å². The van der Waals surface area contributed by atoms with Crippen LogP contribution in [-0.2, 0) is 9.47 Å². The maximum atomic E-state index is 7.11. The van der Waals surface area contributed by atoms with Crippen molar-refractivity contribution in [3.05, 3.63) is 0 Å². The van der Waals surface area contributed by atoms with Gasteiger partial charge in [-0.3, -0.25) is 0 Å². The summed E-state index contributed by atoms with van der Waals surface area (Å²) in [6, 6.07) is 0. The second-order valence-electron chi connectivity index (χ2n) is 11.2. The van der Waals surface area contributed by atoms with Gasteiger partial charge in [-0.15, -0.1) is 0 Å². The Morgan fingerprint density at radius 1 is 0.367 bits per heavy atom. The van der Waals surface area contributed by atoms with E-state index in [0.717, 1.165) is 17.0 Å². The number of ether oxygens (including phenoxy) is 2. The predicted molar refractivity (Wildman–Crippen MR) is 128 cm³/mol. The summed E-state index contributed by atoms with van der Waals surface area (Å²) in [5.41, 5.74) is 2.54. The van der Waals surface area contributed by atoms with Crippen LogP contribution in [0.3, 0.4) is 0 Å². The van der Waals surface area contributed by atoms with Crippen LogP contribution in [0, 0.1) is 0 Å². The first-order valence-electron chi connectivity index (χ1n) is 14.0. The van der Waals surface area contributed by atoms with E-state index in [9.17, 15) is 0 Å². The molecule has 2 aliphatic heterocycles. The lowest BCUT2D eigenvalue weighted by molar-refractivity contribution is -0.0976. The van der Waals surface area contributed by atoms with Crippen molar-refractivity contribution in [3.63, 3.8) is 0 Å². The van der Waals surface area contributed by atoms with Crippen LogP contribution >= 0.6 is 7.92 Å². The molecular formula is C27H47O2P. The molecule has 172 valence electrons. The second kappa shape index (κ2) is 11.0. The summed E-state index contributed by atoms with van der Waals surface area (Å²) < 4.78 is 14.2. The first kappa shape index (κ1) is 22.2. The van der Waals surface area contributed by atoms with Crippen molar-refractivity contribution in [2.75, 3.05) is 0 Å². The Morgan fingerprint density at radius 3 is 1.13 bits per heavy atom. The fourth-order valence-electron chi connectivity index (χ4n) is 7.66. The summed E-state index contributed by atoms with van der Waals surface area (Å²) in [5.74, 6) is 0. The number of hydrogen-bond donors (Lipinski definition) is 0. The molecule has 3 heteroatoms. The molecule has 0 bridgehead atoms. The Labute approximate surface area is 187 Å². The van der Waals surface area contributed by atoms with Crippen molar-refractivity contribution >= 4 is 7.92 Å². The van der Waals surface area contributed by atoms with E-state index >= 15 is 0 Å². The van der Waals surface area contributed by atoms with Crippen molar-refractivity contribution in [1.82, 2.24) is 0 Å². The first-order chi connectivity index (χ1) is 14.9. The van der Waals surface area contributed by atoms with Gasteiger partial charge in [0, 0.05) is 17.0 Å². The molecule has 2 saturated heterocycles. The minimum absolute atomic E-state index is 0.0336. The predicted octanol–water partition coefficient (Wildman–Crippen LogP) is 7.95. The van der Waals surface area contributed by atoms with Crippen LogP contribution in [0.2, 0.25) is 0 Å².